The number of phenolic OH excluding ortho intramolecular Hbond substituents is 1. The summed E-state index contributed by atoms with van der Waals surface area (Å²) >= 11 is 0. The molecule has 0 aliphatic heterocycles. The summed E-state index contributed by atoms with van der Waals surface area (Å²) in [6.45, 7) is 2.19. The third kappa shape index (κ3) is 4.66. The van der Waals surface area contributed by atoms with Crippen LogP contribution in [0.1, 0.15) is 62.0 Å². The Hall–Kier alpha value is -1.84. The molecule has 0 amide bonds. The van der Waals surface area contributed by atoms with Gasteiger partial charge in [-0.25, -0.2) is 0 Å². The van der Waals surface area contributed by atoms with Crippen LogP contribution in [-0.2, 0) is 0 Å². The Morgan fingerprint density at radius 2 is 1.58 bits per heavy atom. The van der Waals surface area contributed by atoms with E-state index in [9.17, 15) is 10.2 Å². The summed E-state index contributed by atoms with van der Waals surface area (Å²) in [5, 5.41) is 20.2. The molecule has 2 N–H and O–H groups in total. The third-order valence-corrected chi connectivity index (χ3v) is 6.04. The molecule has 0 bridgehead atoms. The molecule has 0 spiro atoms. The summed E-state index contributed by atoms with van der Waals surface area (Å²) in [4.78, 5) is 2.17. The molecule has 2 unspecified atom stereocenters. The first-order valence-corrected chi connectivity index (χ1v) is 9.78. The second-order valence-corrected chi connectivity index (χ2v) is 7.79. The van der Waals surface area contributed by atoms with Gasteiger partial charge in [0, 0.05) is 6.04 Å². The summed E-state index contributed by atoms with van der Waals surface area (Å²) in [7, 11) is 2.06. The summed E-state index contributed by atoms with van der Waals surface area (Å²) in [6, 6.07) is 18.5. The fourth-order valence-electron chi connectivity index (χ4n) is 4.21. The molecule has 3 rings (SSSR count). The minimum atomic E-state index is -0.402. The van der Waals surface area contributed by atoms with Crippen LogP contribution in [0.15, 0.2) is 54.6 Å². The normalized spacial score (nSPS) is 22.9. The SMILES string of the molecule is CC(CC(O)N(C)C1CCC(c2ccc(O)cc2)CC1)c1ccccc1. The number of hydrogen-bond donors (Lipinski definition) is 2. The minimum absolute atomic E-state index is 0.331. The van der Waals surface area contributed by atoms with Crippen LogP contribution in [0.5, 0.6) is 5.75 Å². The van der Waals surface area contributed by atoms with Gasteiger partial charge in [0.15, 0.2) is 0 Å². The molecular weight excluding hydrogens is 322 g/mol. The van der Waals surface area contributed by atoms with Crippen molar-refractivity contribution in [1.82, 2.24) is 4.90 Å². The number of aromatic hydroxyl groups is 1. The summed E-state index contributed by atoms with van der Waals surface area (Å²) in [5.41, 5.74) is 2.61. The summed E-state index contributed by atoms with van der Waals surface area (Å²) in [6.07, 6.45) is 4.86. The Balaban J connectivity index is 1.51. The van der Waals surface area contributed by atoms with Gasteiger partial charge in [0.2, 0.25) is 0 Å². The van der Waals surface area contributed by atoms with E-state index >= 15 is 0 Å². The highest BCUT2D eigenvalue weighted by atomic mass is 16.3. The van der Waals surface area contributed by atoms with Crippen molar-refractivity contribution in [3.63, 3.8) is 0 Å². The Bertz CT molecular complexity index is 662. The lowest BCUT2D eigenvalue weighted by Crippen LogP contribution is -2.42. The van der Waals surface area contributed by atoms with Crippen molar-refractivity contribution >= 4 is 0 Å². The molecule has 2 aromatic carbocycles. The van der Waals surface area contributed by atoms with Crippen LogP contribution < -0.4 is 0 Å². The predicted molar refractivity (Wildman–Crippen MR) is 106 cm³/mol. The van der Waals surface area contributed by atoms with Gasteiger partial charge in [0.05, 0.1) is 0 Å². The number of rotatable bonds is 6. The molecule has 0 heterocycles. The Morgan fingerprint density at radius 1 is 0.962 bits per heavy atom. The van der Waals surface area contributed by atoms with Crippen LogP contribution in [0.3, 0.4) is 0 Å². The Labute approximate surface area is 157 Å². The van der Waals surface area contributed by atoms with E-state index in [1.807, 2.05) is 18.2 Å². The predicted octanol–water partition coefficient (Wildman–Crippen LogP) is 4.86. The lowest BCUT2D eigenvalue weighted by Gasteiger charge is -2.38. The second kappa shape index (κ2) is 8.70. The standard InChI is InChI=1S/C23H31NO2/c1-17(18-6-4-3-5-7-18)16-23(26)24(2)21-12-8-19(9-13-21)20-10-14-22(25)15-11-20/h3-7,10-11,14-15,17,19,21,23,25-26H,8-9,12-13,16H2,1-2H3. The molecule has 1 fully saturated rings. The van der Waals surface area contributed by atoms with Gasteiger partial charge in [-0.05, 0) is 74.2 Å². The molecule has 1 aliphatic carbocycles. The Morgan fingerprint density at radius 3 is 2.19 bits per heavy atom. The van der Waals surface area contributed by atoms with Gasteiger partial charge in [-0.2, -0.15) is 0 Å². The number of benzene rings is 2. The molecule has 2 aromatic rings. The first kappa shape index (κ1) is 18.9. The van der Waals surface area contributed by atoms with Crippen LogP contribution >= 0.6 is 0 Å². The second-order valence-electron chi connectivity index (χ2n) is 7.79. The first-order chi connectivity index (χ1) is 12.5. The average Bonchev–Trinajstić information content (AvgIpc) is 2.69. The molecule has 1 aliphatic rings. The van der Waals surface area contributed by atoms with Gasteiger partial charge in [0.25, 0.3) is 0 Å². The molecule has 3 heteroatoms. The quantitative estimate of drug-likeness (QED) is 0.729. The monoisotopic (exact) mass is 353 g/mol. The lowest BCUT2D eigenvalue weighted by atomic mass is 9.81. The van der Waals surface area contributed by atoms with Gasteiger partial charge in [-0.3, -0.25) is 4.90 Å². The van der Waals surface area contributed by atoms with Crippen molar-refractivity contribution in [1.29, 1.82) is 0 Å². The van der Waals surface area contributed by atoms with Gasteiger partial charge in [-0.15, -0.1) is 0 Å². The lowest BCUT2D eigenvalue weighted by molar-refractivity contribution is -0.0255. The molecule has 0 radical (unpaired) electrons. The van der Waals surface area contributed by atoms with Gasteiger partial charge in [-0.1, -0.05) is 49.4 Å². The Kier molecular flexibility index (Phi) is 6.33. The van der Waals surface area contributed by atoms with E-state index in [1.165, 1.54) is 11.1 Å². The van der Waals surface area contributed by atoms with Gasteiger partial charge >= 0.3 is 0 Å². The molecule has 2 atom stereocenters. The number of phenols is 1. The van der Waals surface area contributed by atoms with Crippen LogP contribution in [0, 0.1) is 0 Å². The van der Waals surface area contributed by atoms with E-state index in [-0.39, 0.29) is 0 Å². The molecule has 0 saturated heterocycles. The van der Waals surface area contributed by atoms with Gasteiger partial charge < -0.3 is 10.2 Å². The number of hydrogen-bond acceptors (Lipinski definition) is 3. The van der Waals surface area contributed by atoms with Crippen LogP contribution in [0.4, 0.5) is 0 Å². The van der Waals surface area contributed by atoms with E-state index in [1.54, 1.807) is 12.1 Å². The fourth-order valence-corrected chi connectivity index (χ4v) is 4.21. The smallest absolute Gasteiger partial charge is 0.115 e. The number of aliphatic hydroxyl groups excluding tert-OH is 1. The molecule has 1 saturated carbocycles. The van der Waals surface area contributed by atoms with Crippen molar-refractivity contribution in [3.8, 4) is 5.75 Å². The van der Waals surface area contributed by atoms with Crippen LogP contribution in [0.2, 0.25) is 0 Å². The van der Waals surface area contributed by atoms with Crippen molar-refractivity contribution in [2.24, 2.45) is 0 Å². The highest BCUT2D eigenvalue weighted by Crippen LogP contribution is 2.36. The first-order valence-electron chi connectivity index (χ1n) is 9.78. The van der Waals surface area contributed by atoms with Gasteiger partial charge in [0.1, 0.15) is 12.0 Å². The van der Waals surface area contributed by atoms with Crippen LogP contribution in [0.25, 0.3) is 0 Å². The molecule has 26 heavy (non-hydrogen) atoms. The van der Waals surface area contributed by atoms with E-state index in [2.05, 4.69) is 43.1 Å². The molecular formula is C23H31NO2. The van der Waals surface area contributed by atoms with E-state index < -0.39 is 6.23 Å². The summed E-state index contributed by atoms with van der Waals surface area (Å²) in [5.74, 6) is 1.25. The summed E-state index contributed by atoms with van der Waals surface area (Å²) < 4.78 is 0. The van der Waals surface area contributed by atoms with Crippen molar-refractivity contribution in [3.05, 3.63) is 65.7 Å². The average molecular weight is 354 g/mol. The zero-order valence-corrected chi connectivity index (χ0v) is 15.9. The zero-order valence-electron chi connectivity index (χ0n) is 15.9. The molecule has 3 nitrogen and oxygen atoms in total. The highest BCUT2D eigenvalue weighted by molar-refractivity contribution is 5.28. The maximum Gasteiger partial charge on any atom is 0.115 e. The molecule has 140 valence electrons. The maximum atomic E-state index is 10.7. The number of aliphatic hydroxyl groups is 1. The minimum Gasteiger partial charge on any atom is -0.508 e. The van der Waals surface area contributed by atoms with E-state index in [0.717, 1.165) is 32.1 Å². The van der Waals surface area contributed by atoms with Crippen molar-refractivity contribution in [2.75, 3.05) is 7.05 Å². The topological polar surface area (TPSA) is 43.7 Å². The third-order valence-electron chi connectivity index (χ3n) is 6.04. The number of nitrogens with zero attached hydrogens (tertiary/aromatic N) is 1. The van der Waals surface area contributed by atoms with Crippen molar-refractivity contribution in [2.45, 2.75) is 63.1 Å². The molecule has 0 aromatic heterocycles. The largest absolute Gasteiger partial charge is 0.508 e. The fraction of sp³-hybridized carbons (Fsp3) is 0.478. The van der Waals surface area contributed by atoms with Crippen LogP contribution in [-0.4, -0.2) is 34.4 Å². The van der Waals surface area contributed by atoms with Crippen molar-refractivity contribution < 1.29 is 10.2 Å². The maximum absolute atomic E-state index is 10.7. The van der Waals surface area contributed by atoms with E-state index in [0.29, 0.717) is 23.6 Å². The van der Waals surface area contributed by atoms with E-state index in [4.69, 9.17) is 0 Å². The zero-order chi connectivity index (χ0) is 18.5. The highest BCUT2D eigenvalue weighted by Gasteiger charge is 2.28.